The van der Waals surface area contributed by atoms with Gasteiger partial charge in [-0.25, -0.2) is 0 Å². The normalized spacial score (nSPS) is 19.3. The molecule has 1 aromatic rings. The first-order valence-corrected chi connectivity index (χ1v) is 7.87. The van der Waals surface area contributed by atoms with E-state index >= 15 is 0 Å². The maximum absolute atomic E-state index is 13.0. The molecule has 7 heteroatoms. The van der Waals surface area contributed by atoms with Crippen molar-refractivity contribution in [2.24, 2.45) is 0 Å². The number of para-hydroxylation sites is 1. The van der Waals surface area contributed by atoms with Crippen molar-refractivity contribution < 1.29 is 18.0 Å². The number of hydrogen-bond donors (Lipinski definition) is 2. The van der Waals surface area contributed by atoms with E-state index in [0.29, 0.717) is 12.1 Å². The van der Waals surface area contributed by atoms with Crippen LogP contribution in [-0.4, -0.2) is 42.5 Å². The van der Waals surface area contributed by atoms with Gasteiger partial charge in [-0.3, -0.25) is 9.69 Å². The van der Waals surface area contributed by atoms with Crippen LogP contribution in [0.3, 0.4) is 0 Å². The summed E-state index contributed by atoms with van der Waals surface area (Å²) in [6.45, 7) is 1.81. The van der Waals surface area contributed by atoms with Gasteiger partial charge in [-0.2, -0.15) is 13.2 Å². The summed E-state index contributed by atoms with van der Waals surface area (Å²) in [5.41, 5.74) is -0.987. The van der Waals surface area contributed by atoms with Crippen LogP contribution in [0.2, 0.25) is 0 Å². The summed E-state index contributed by atoms with van der Waals surface area (Å²) in [5, 5.41) is 5.61. The number of carbonyl (C=O) groups is 1. The predicted octanol–water partition coefficient (Wildman–Crippen LogP) is 2.47. The number of amides is 1. The Kier molecular flexibility index (Phi) is 4.59. The highest BCUT2D eigenvalue weighted by Gasteiger charge is 2.36. The zero-order chi connectivity index (χ0) is 16.4. The van der Waals surface area contributed by atoms with E-state index in [1.807, 2.05) is 0 Å². The Morgan fingerprint density at radius 3 is 2.43 bits per heavy atom. The van der Waals surface area contributed by atoms with Crippen molar-refractivity contribution >= 4 is 11.6 Å². The Morgan fingerprint density at radius 2 is 1.91 bits per heavy atom. The summed E-state index contributed by atoms with van der Waals surface area (Å²) in [6.07, 6.45) is -1.21. The van der Waals surface area contributed by atoms with E-state index in [1.165, 1.54) is 18.2 Å². The number of alkyl halides is 3. The molecule has 1 saturated heterocycles. The molecule has 2 fully saturated rings. The Labute approximate surface area is 133 Å². The van der Waals surface area contributed by atoms with Gasteiger partial charge in [0, 0.05) is 25.2 Å². The van der Waals surface area contributed by atoms with Gasteiger partial charge in [-0.1, -0.05) is 18.6 Å². The summed E-state index contributed by atoms with van der Waals surface area (Å²) < 4.78 is 38.9. The number of carbonyl (C=O) groups excluding carboxylic acids is 1. The van der Waals surface area contributed by atoms with Crippen LogP contribution in [0.25, 0.3) is 0 Å². The van der Waals surface area contributed by atoms with Gasteiger partial charge in [0.1, 0.15) is 0 Å². The van der Waals surface area contributed by atoms with Crippen molar-refractivity contribution in [2.75, 3.05) is 25.0 Å². The average molecular weight is 327 g/mol. The number of rotatable bonds is 5. The van der Waals surface area contributed by atoms with Crippen LogP contribution in [0.5, 0.6) is 0 Å². The lowest BCUT2D eigenvalue weighted by Gasteiger charge is -2.46. The van der Waals surface area contributed by atoms with Crippen molar-refractivity contribution in [1.29, 1.82) is 0 Å². The predicted molar refractivity (Wildman–Crippen MR) is 81.1 cm³/mol. The van der Waals surface area contributed by atoms with Crippen molar-refractivity contribution in [3.05, 3.63) is 29.8 Å². The first kappa shape index (κ1) is 16.3. The standard InChI is InChI=1S/C16H20F3N3O/c17-16(18,19)13-6-1-2-7-14(13)21-15(23)10-22(11-4-3-5-11)12-8-20-9-12/h1-2,6-7,11-12,20H,3-5,8-10H2,(H,21,23). The van der Waals surface area contributed by atoms with Crippen LogP contribution >= 0.6 is 0 Å². The van der Waals surface area contributed by atoms with E-state index in [1.54, 1.807) is 0 Å². The molecule has 1 aromatic carbocycles. The number of benzene rings is 1. The monoisotopic (exact) mass is 327 g/mol. The van der Waals surface area contributed by atoms with Crippen LogP contribution < -0.4 is 10.6 Å². The molecule has 0 atom stereocenters. The first-order chi connectivity index (χ1) is 10.9. The molecule has 1 amide bonds. The second kappa shape index (κ2) is 6.49. The van der Waals surface area contributed by atoms with Crippen molar-refractivity contribution in [2.45, 2.75) is 37.5 Å². The molecule has 1 aliphatic carbocycles. The summed E-state index contributed by atoms with van der Waals surface area (Å²) in [4.78, 5) is 14.4. The molecule has 0 bridgehead atoms. The third-order valence-corrected chi connectivity index (χ3v) is 4.61. The second-order valence-corrected chi connectivity index (χ2v) is 6.16. The molecule has 0 unspecified atom stereocenters. The highest BCUT2D eigenvalue weighted by atomic mass is 19.4. The molecule has 1 aliphatic heterocycles. The molecule has 1 heterocycles. The van der Waals surface area contributed by atoms with Crippen LogP contribution in [0.4, 0.5) is 18.9 Å². The number of halogens is 3. The maximum Gasteiger partial charge on any atom is 0.418 e. The van der Waals surface area contributed by atoms with Crippen LogP contribution in [-0.2, 0) is 11.0 Å². The lowest BCUT2D eigenvalue weighted by atomic mass is 9.89. The fourth-order valence-electron chi connectivity index (χ4n) is 2.98. The van der Waals surface area contributed by atoms with Gasteiger partial charge in [-0.05, 0) is 25.0 Å². The van der Waals surface area contributed by atoms with Gasteiger partial charge in [-0.15, -0.1) is 0 Å². The summed E-state index contributed by atoms with van der Waals surface area (Å²) in [7, 11) is 0. The minimum Gasteiger partial charge on any atom is -0.324 e. The maximum atomic E-state index is 13.0. The average Bonchev–Trinajstić information content (AvgIpc) is 2.33. The fraction of sp³-hybridized carbons (Fsp3) is 0.562. The summed E-state index contributed by atoms with van der Waals surface area (Å²) in [5.74, 6) is -0.388. The highest BCUT2D eigenvalue weighted by molar-refractivity contribution is 5.93. The zero-order valence-corrected chi connectivity index (χ0v) is 12.7. The van der Waals surface area contributed by atoms with Crippen LogP contribution in [0.15, 0.2) is 24.3 Å². The number of nitrogens with one attached hydrogen (secondary N) is 2. The Hall–Kier alpha value is -1.60. The quantitative estimate of drug-likeness (QED) is 0.873. The van der Waals surface area contributed by atoms with E-state index in [0.717, 1.165) is 38.4 Å². The molecule has 4 nitrogen and oxygen atoms in total. The molecule has 1 saturated carbocycles. The molecular formula is C16H20F3N3O. The lowest BCUT2D eigenvalue weighted by Crippen LogP contribution is -2.62. The van der Waals surface area contributed by atoms with Crippen LogP contribution in [0, 0.1) is 0 Å². The SMILES string of the molecule is O=C(CN(C1CCC1)C1CNC1)Nc1ccccc1C(F)(F)F. The molecule has 2 aliphatic rings. The summed E-state index contributed by atoms with van der Waals surface area (Å²) >= 11 is 0. The number of anilines is 1. The van der Waals surface area contributed by atoms with Crippen molar-refractivity contribution in [1.82, 2.24) is 10.2 Å². The molecule has 0 aromatic heterocycles. The van der Waals surface area contributed by atoms with Gasteiger partial charge in [0.2, 0.25) is 5.91 Å². The number of nitrogens with zero attached hydrogens (tertiary/aromatic N) is 1. The van der Waals surface area contributed by atoms with Crippen molar-refractivity contribution in [3.8, 4) is 0 Å². The topological polar surface area (TPSA) is 44.4 Å². The zero-order valence-electron chi connectivity index (χ0n) is 12.7. The van der Waals surface area contributed by atoms with Crippen molar-refractivity contribution in [3.63, 3.8) is 0 Å². The second-order valence-electron chi connectivity index (χ2n) is 6.16. The molecule has 2 N–H and O–H groups in total. The lowest BCUT2D eigenvalue weighted by molar-refractivity contribution is -0.137. The van der Waals surface area contributed by atoms with E-state index in [9.17, 15) is 18.0 Å². The molecule has 0 spiro atoms. The van der Waals surface area contributed by atoms with Crippen LogP contribution in [0.1, 0.15) is 24.8 Å². The molecule has 0 radical (unpaired) electrons. The molecule has 3 rings (SSSR count). The van der Waals surface area contributed by atoms with Gasteiger partial charge >= 0.3 is 6.18 Å². The van der Waals surface area contributed by atoms with E-state index in [2.05, 4.69) is 15.5 Å². The number of hydrogen-bond acceptors (Lipinski definition) is 3. The minimum atomic E-state index is -4.48. The summed E-state index contributed by atoms with van der Waals surface area (Å²) in [6, 6.07) is 5.77. The van der Waals surface area contributed by atoms with E-state index in [4.69, 9.17) is 0 Å². The highest BCUT2D eigenvalue weighted by Crippen LogP contribution is 2.34. The Morgan fingerprint density at radius 1 is 1.22 bits per heavy atom. The largest absolute Gasteiger partial charge is 0.418 e. The third-order valence-electron chi connectivity index (χ3n) is 4.61. The third kappa shape index (κ3) is 3.67. The molecular weight excluding hydrogens is 307 g/mol. The van der Waals surface area contributed by atoms with Gasteiger partial charge in [0.05, 0.1) is 17.8 Å². The first-order valence-electron chi connectivity index (χ1n) is 7.87. The fourth-order valence-corrected chi connectivity index (χ4v) is 2.98. The van der Waals surface area contributed by atoms with Gasteiger partial charge < -0.3 is 10.6 Å². The van der Waals surface area contributed by atoms with E-state index < -0.39 is 11.7 Å². The molecule has 23 heavy (non-hydrogen) atoms. The minimum absolute atomic E-state index is 0.142. The van der Waals surface area contributed by atoms with E-state index in [-0.39, 0.29) is 18.1 Å². The van der Waals surface area contributed by atoms with Gasteiger partial charge in [0.15, 0.2) is 0 Å². The smallest absolute Gasteiger partial charge is 0.324 e. The molecule has 126 valence electrons. The Bertz CT molecular complexity index is 554. The van der Waals surface area contributed by atoms with Gasteiger partial charge in [0.25, 0.3) is 0 Å². The Balaban J connectivity index is 1.67.